The van der Waals surface area contributed by atoms with E-state index >= 15 is 0 Å². The van der Waals surface area contributed by atoms with E-state index in [2.05, 4.69) is 47.8 Å². The van der Waals surface area contributed by atoms with Crippen LogP contribution in [0.1, 0.15) is 49.8 Å². The molecule has 0 radical (unpaired) electrons. The minimum absolute atomic E-state index is 0.378. The summed E-state index contributed by atoms with van der Waals surface area (Å²) in [5, 5.41) is 0. The Labute approximate surface area is 147 Å². The number of rotatable bonds is 3. The van der Waals surface area contributed by atoms with Crippen LogP contribution in [-0.4, -0.2) is 38.3 Å². The largest absolute Gasteiger partial charge is 0.490 e. The smallest absolute Gasteiger partial charge is 0.165 e. The summed E-state index contributed by atoms with van der Waals surface area (Å²) in [6.07, 6.45) is 2.03. The second-order valence-electron chi connectivity index (χ2n) is 7.01. The lowest BCUT2D eigenvalue weighted by Gasteiger charge is -2.28. The Hall–Kier alpha value is -0.780. The van der Waals surface area contributed by atoms with E-state index in [4.69, 9.17) is 15.2 Å². The summed E-state index contributed by atoms with van der Waals surface area (Å²) < 4.78 is 13.1. The van der Waals surface area contributed by atoms with Crippen LogP contribution in [0.25, 0.3) is 0 Å². The number of ether oxygens (including phenoxy) is 2. The lowest BCUT2D eigenvalue weighted by Crippen LogP contribution is -2.22. The molecule has 0 aromatic heterocycles. The van der Waals surface area contributed by atoms with Crippen LogP contribution in [0.2, 0.25) is 0 Å². The average Bonchev–Trinajstić information content (AvgIpc) is 2.73. The highest BCUT2D eigenvalue weighted by Crippen LogP contribution is 2.48. The third-order valence-corrected chi connectivity index (χ3v) is 5.60. The number of hydrogen-bond acceptors (Lipinski definition) is 4. The zero-order chi connectivity index (χ0) is 16.6. The van der Waals surface area contributed by atoms with E-state index in [0.29, 0.717) is 17.9 Å². The molecule has 5 heteroatoms. The van der Waals surface area contributed by atoms with Crippen molar-refractivity contribution in [2.24, 2.45) is 11.7 Å². The summed E-state index contributed by atoms with van der Waals surface area (Å²) in [5.41, 5.74) is 8.55. The number of nitrogens with zero attached hydrogens (tertiary/aromatic N) is 1. The second-order valence-corrected chi connectivity index (χ2v) is 7.87. The van der Waals surface area contributed by atoms with E-state index in [1.807, 2.05) is 0 Å². The minimum Gasteiger partial charge on any atom is -0.490 e. The Morgan fingerprint density at radius 2 is 2.09 bits per heavy atom. The Kier molecular flexibility index (Phi) is 5.19. The van der Waals surface area contributed by atoms with E-state index in [9.17, 15) is 0 Å². The van der Waals surface area contributed by atoms with Crippen LogP contribution >= 0.6 is 15.9 Å². The molecule has 1 saturated heterocycles. The first-order valence-corrected chi connectivity index (χ1v) is 9.34. The highest BCUT2D eigenvalue weighted by atomic mass is 79.9. The van der Waals surface area contributed by atoms with E-state index < -0.39 is 0 Å². The minimum atomic E-state index is 0.378. The van der Waals surface area contributed by atoms with Crippen LogP contribution < -0.4 is 15.2 Å². The van der Waals surface area contributed by atoms with Gasteiger partial charge in [-0.2, -0.15) is 0 Å². The number of likely N-dealkylation sites (tertiary alicyclic amines) is 1. The lowest BCUT2D eigenvalue weighted by molar-refractivity contribution is 0.294. The second kappa shape index (κ2) is 6.99. The van der Waals surface area contributed by atoms with Crippen LogP contribution in [0.5, 0.6) is 11.5 Å². The zero-order valence-corrected chi connectivity index (χ0v) is 15.9. The molecule has 2 aliphatic heterocycles. The Morgan fingerprint density at radius 1 is 1.35 bits per heavy atom. The molecule has 0 amide bonds. The fourth-order valence-corrected chi connectivity index (χ4v) is 4.52. The van der Waals surface area contributed by atoms with Crippen molar-refractivity contribution >= 4 is 15.9 Å². The number of hydrogen-bond donors (Lipinski definition) is 1. The van der Waals surface area contributed by atoms with Crippen molar-refractivity contribution in [1.29, 1.82) is 0 Å². The molecule has 128 valence electrons. The van der Waals surface area contributed by atoms with Gasteiger partial charge in [-0.05, 0) is 43.5 Å². The van der Waals surface area contributed by atoms with Gasteiger partial charge in [-0.25, -0.2) is 0 Å². The molecule has 1 aromatic rings. The molecule has 2 N–H and O–H groups in total. The van der Waals surface area contributed by atoms with Crippen LogP contribution in [-0.2, 0) is 0 Å². The summed E-state index contributed by atoms with van der Waals surface area (Å²) in [7, 11) is 2.19. The standard InChI is InChI=1S/C18H27BrN2O2/c1-11(2)16-17(14-7-12(9-20)10-21(14)3)13(19)8-15-18(16)23-6-4-5-22-15/h8,11-12,14H,4-7,9-10,20H2,1-3H3. The molecular weight excluding hydrogens is 356 g/mol. The quantitative estimate of drug-likeness (QED) is 0.865. The summed E-state index contributed by atoms with van der Waals surface area (Å²) in [5.74, 6) is 2.76. The normalized spacial score (nSPS) is 25.0. The third-order valence-electron chi connectivity index (χ3n) is 4.95. The van der Waals surface area contributed by atoms with E-state index in [0.717, 1.165) is 55.1 Å². The molecule has 2 atom stereocenters. The Morgan fingerprint density at radius 3 is 2.74 bits per heavy atom. The molecule has 1 fully saturated rings. The molecule has 0 aliphatic carbocycles. The topological polar surface area (TPSA) is 47.7 Å². The Bertz CT molecular complexity index is 577. The summed E-state index contributed by atoms with van der Waals surface area (Å²) in [6, 6.07) is 2.47. The molecule has 2 heterocycles. The number of halogens is 1. The van der Waals surface area contributed by atoms with E-state index in [-0.39, 0.29) is 0 Å². The first-order valence-electron chi connectivity index (χ1n) is 8.55. The maximum Gasteiger partial charge on any atom is 0.165 e. The SMILES string of the molecule is CC(C)c1c2c(cc(Br)c1C1CC(CN)CN1C)OCCCO2. The van der Waals surface area contributed by atoms with Gasteiger partial charge < -0.3 is 15.2 Å². The van der Waals surface area contributed by atoms with Crippen LogP contribution in [0, 0.1) is 5.92 Å². The molecule has 0 bridgehead atoms. The van der Waals surface area contributed by atoms with Crippen LogP contribution in [0.4, 0.5) is 0 Å². The van der Waals surface area contributed by atoms with Gasteiger partial charge >= 0.3 is 0 Å². The van der Waals surface area contributed by atoms with Crippen molar-refractivity contribution in [1.82, 2.24) is 4.90 Å². The molecule has 4 nitrogen and oxygen atoms in total. The molecule has 3 rings (SSSR count). The number of benzene rings is 1. The fourth-order valence-electron chi connectivity index (χ4n) is 3.84. The number of nitrogens with two attached hydrogens (primary N) is 1. The van der Waals surface area contributed by atoms with Crippen molar-refractivity contribution in [2.45, 2.75) is 38.6 Å². The zero-order valence-electron chi connectivity index (χ0n) is 14.3. The maximum absolute atomic E-state index is 6.10. The highest BCUT2D eigenvalue weighted by molar-refractivity contribution is 9.10. The van der Waals surface area contributed by atoms with Gasteiger partial charge in [0.15, 0.2) is 11.5 Å². The first kappa shape index (κ1) is 17.1. The number of fused-ring (bicyclic) bond motifs is 1. The molecular formula is C18H27BrN2O2. The average molecular weight is 383 g/mol. The maximum atomic E-state index is 6.10. The van der Waals surface area contributed by atoms with E-state index in [1.54, 1.807) is 0 Å². The van der Waals surface area contributed by atoms with E-state index in [1.165, 1.54) is 11.1 Å². The third kappa shape index (κ3) is 3.24. The van der Waals surface area contributed by atoms with Gasteiger partial charge in [0.25, 0.3) is 0 Å². The lowest BCUT2D eigenvalue weighted by atomic mass is 9.89. The van der Waals surface area contributed by atoms with Crippen molar-refractivity contribution in [3.05, 3.63) is 21.7 Å². The van der Waals surface area contributed by atoms with Gasteiger partial charge in [0.05, 0.1) is 13.2 Å². The molecule has 2 unspecified atom stereocenters. The van der Waals surface area contributed by atoms with Gasteiger partial charge in [-0.1, -0.05) is 29.8 Å². The van der Waals surface area contributed by atoms with Crippen molar-refractivity contribution in [3.63, 3.8) is 0 Å². The molecule has 1 aromatic carbocycles. The Balaban J connectivity index is 2.11. The van der Waals surface area contributed by atoms with Gasteiger partial charge in [0, 0.05) is 29.0 Å². The molecule has 2 aliphatic rings. The van der Waals surface area contributed by atoms with Crippen LogP contribution in [0.15, 0.2) is 10.5 Å². The van der Waals surface area contributed by atoms with Gasteiger partial charge in [0.1, 0.15) is 0 Å². The monoisotopic (exact) mass is 382 g/mol. The summed E-state index contributed by atoms with van der Waals surface area (Å²) in [6.45, 7) is 7.71. The highest BCUT2D eigenvalue weighted by Gasteiger charge is 2.35. The van der Waals surface area contributed by atoms with Gasteiger partial charge in [-0.3, -0.25) is 4.90 Å². The predicted molar refractivity (Wildman–Crippen MR) is 96.4 cm³/mol. The van der Waals surface area contributed by atoms with Crippen LogP contribution in [0.3, 0.4) is 0 Å². The van der Waals surface area contributed by atoms with Gasteiger partial charge in [0.2, 0.25) is 0 Å². The first-order chi connectivity index (χ1) is 11.0. The van der Waals surface area contributed by atoms with Crippen molar-refractivity contribution < 1.29 is 9.47 Å². The molecule has 0 saturated carbocycles. The predicted octanol–water partition coefficient (Wildman–Crippen LogP) is 3.69. The molecule has 0 spiro atoms. The summed E-state index contributed by atoms with van der Waals surface area (Å²) >= 11 is 3.81. The fraction of sp³-hybridized carbons (Fsp3) is 0.667. The van der Waals surface area contributed by atoms with Crippen molar-refractivity contribution in [3.8, 4) is 11.5 Å². The van der Waals surface area contributed by atoms with Gasteiger partial charge in [-0.15, -0.1) is 0 Å². The molecule has 23 heavy (non-hydrogen) atoms. The summed E-state index contributed by atoms with van der Waals surface area (Å²) in [4.78, 5) is 2.42. The van der Waals surface area contributed by atoms with Crippen molar-refractivity contribution in [2.75, 3.05) is 33.4 Å².